The first-order chi connectivity index (χ1) is 13.9. The van der Waals surface area contributed by atoms with Crippen molar-refractivity contribution in [3.05, 3.63) is 39.1 Å². The Morgan fingerprint density at radius 1 is 1.28 bits per heavy atom. The van der Waals surface area contributed by atoms with E-state index in [1.807, 2.05) is 0 Å². The van der Waals surface area contributed by atoms with Crippen molar-refractivity contribution in [2.75, 3.05) is 31.6 Å². The predicted molar refractivity (Wildman–Crippen MR) is 109 cm³/mol. The number of carbonyl (C=O) groups is 3. The molecule has 0 bridgehead atoms. The molecule has 0 spiro atoms. The molecule has 0 saturated heterocycles. The Kier molecular flexibility index (Phi) is 4.43. The minimum absolute atomic E-state index is 0.0387. The van der Waals surface area contributed by atoms with Crippen LogP contribution >= 0.6 is 22.9 Å². The molecule has 1 saturated carbocycles. The van der Waals surface area contributed by atoms with Gasteiger partial charge in [0.1, 0.15) is 11.5 Å². The summed E-state index contributed by atoms with van der Waals surface area (Å²) in [5.74, 6) is 0.356. The van der Waals surface area contributed by atoms with E-state index in [1.54, 1.807) is 29.0 Å². The molecule has 152 valence electrons. The van der Waals surface area contributed by atoms with Gasteiger partial charge in [0.15, 0.2) is 11.0 Å². The first kappa shape index (κ1) is 18.7. The van der Waals surface area contributed by atoms with Crippen molar-refractivity contribution in [2.24, 2.45) is 5.92 Å². The van der Waals surface area contributed by atoms with Crippen molar-refractivity contribution >= 4 is 45.7 Å². The zero-order valence-electron chi connectivity index (χ0n) is 15.9. The van der Waals surface area contributed by atoms with Crippen molar-refractivity contribution in [1.82, 2.24) is 9.80 Å². The quantitative estimate of drug-likeness (QED) is 0.745. The fourth-order valence-electron chi connectivity index (χ4n) is 3.97. The van der Waals surface area contributed by atoms with Gasteiger partial charge >= 0.3 is 0 Å². The van der Waals surface area contributed by atoms with E-state index in [1.165, 1.54) is 16.2 Å². The third kappa shape index (κ3) is 3.24. The maximum atomic E-state index is 13.0. The number of halogens is 1. The largest absolute Gasteiger partial charge is 0.440 e. The molecule has 2 aromatic heterocycles. The van der Waals surface area contributed by atoms with Crippen LogP contribution in [0.2, 0.25) is 5.22 Å². The molecule has 4 heterocycles. The number of hydrogen-bond donors (Lipinski definition) is 0. The van der Waals surface area contributed by atoms with Crippen molar-refractivity contribution < 1.29 is 18.8 Å². The molecule has 29 heavy (non-hydrogen) atoms. The molecule has 0 aromatic carbocycles. The Labute approximate surface area is 176 Å². The molecule has 0 atom stereocenters. The zero-order valence-corrected chi connectivity index (χ0v) is 17.5. The monoisotopic (exact) mass is 433 g/mol. The molecular weight excluding hydrogens is 414 g/mol. The lowest BCUT2D eigenvalue weighted by Crippen LogP contribution is -2.38. The average Bonchev–Trinajstić information content (AvgIpc) is 3.31. The number of carbonyl (C=O) groups excluding carboxylic acids is 3. The Morgan fingerprint density at radius 3 is 2.76 bits per heavy atom. The van der Waals surface area contributed by atoms with E-state index in [9.17, 15) is 14.4 Å². The van der Waals surface area contributed by atoms with Gasteiger partial charge < -0.3 is 19.1 Å². The minimum Gasteiger partial charge on any atom is -0.440 e. The normalized spacial score (nSPS) is 19.3. The van der Waals surface area contributed by atoms with Gasteiger partial charge in [0.25, 0.3) is 11.8 Å². The Hall–Kier alpha value is -2.32. The van der Waals surface area contributed by atoms with E-state index in [-0.39, 0.29) is 35.2 Å². The summed E-state index contributed by atoms with van der Waals surface area (Å²) in [5, 5.41) is 0.924. The van der Waals surface area contributed by atoms with E-state index < -0.39 is 0 Å². The molecule has 1 aliphatic carbocycles. The predicted octanol–water partition coefficient (Wildman–Crippen LogP) is 3.02. The van der Waals surface area contributed by atoms with Gasteiger partial charge in [0, 0.05) is 25.0 Å². The third-order valence-corrected chi connectivity index (χ3v) is 7.17. The maximum absolute atomic E-state index is 13.0. The molecule has 0 unspecified atom stereocenters. The lowest BCUT2D eigenvalue weighted by atomic mass is 10.0. The summed E-state index contributed by atoms with van der Waals surface area (Å²) >= 11 is 7.27. The van der Waals surface area contributed by atoms with Gasteiger partial charge in [-0.15, -0.1) is 11.3 Å². The van der Waals surface area contributed by atoms with E-state index in [2.05, 4.69) is 0 Å². The summed E-state index contributed by atoms with van der Waals surface area (Å²) in [5.41, 5.74) is 1.62. The highest BCUT2D eigenvalue weighted by Gasteiger charge is 2.39. The fraction of sp³-hybridized carbons (Fsp3) is 0.450. The summed E-state index contributed by atoms with van der Waals surface area (Å²) in [4.78, 5) is 44.6. The van der Waals surface area contributed by atoms with Gasteiger partial charge in [-0.2, -0.15) is 0 Å². The first-order valence-corrected chi connectivity index (χ1v) is 10.9. The number of likely N-dealkylation sites (N-methyl/N-ethyl adjacent to an activating group) is 1. The van der Waals surface area contributed by atoms with Crippen molar-refractivity contribution in [3.8, 4) is 0 Å². The van der Waals surface area contributed by atoms with Crippen LogP contribution in [0.3, 0.4) is 0 Å². The van der Waals surface area contributed by atoms with E-state index in [0.717, 1.165) is 28.3 Å². The van der Waals surface area contributed by atoms with Crippen LogP contribution in [-0.4, -0.2) is 54.2 Å². The van der Waals surface area contributed by atoms with E-state index >= 15 is 0 Å². The van der Waals surface area contributed by atoms with Crippen LogP contribution in [0.25, 0.3) is 0 Å². The second kappa shape index (κ2) is 6.88. The highest BCUT2D eigenvalue weighted by molar-refractivity contribution is 7.17. The number of nitrogens with zero attached hydrogens (tertiary/aromatic N) is 3. The van der Waals surface area contributed by atoms with E-state index in [4.69, 9.17) is 16.0 Å². The van der Waals surface area contributed by atoms with Crippen LogP contribution in [0.1, 0.15) is 44.2 Å². The van der Waals surface area contributed by atoms with E-state index in [0.29, 0.717) is 37.5 Å². The highest BCUT2D eigenvalue weighted by atomic mass is 35.5. The average molecular weight is 434 g/mol. The molecule has 2 aliphatic heterocycles. The highest BCUT2D eigenvalue weighted by Crippen LogP contribution is 2.43. The Balaban J connectivity index is 1.49. The number of fused-ring (bicyclic) bond motifs is 3. The lowest BCUT2D eigenvalue weighted by molar-refractivity contribution is -0.119. The SMILES string of the molecule is CN1CC(=O)N(CC2CC2)c2sc3c(c2C1=O)CCN(C(=O)c1ccc(Cl)o1)C3. The molecule has 1 fully saturated rings. The number of furan rings is 1. The Bertz CT molecular complexity index is 1030. The molecule has 0 radical (unpaired) electrons. The van der Waals surface area contributed by atoms with Crippen LogP contribution in [-0.2, 0) is 17.8 Å². The van der Waals surface area contributed by atoms with Gasteiger partial charge in [0.2, 0.25) is 5.91 Å². The van der Waals surface area contributed by atoms with Crippen molar-refractivity contribution in [3.63, 3.8) is 0 Å². The minimum atomic E-state index is -0.222. The zero-order chi connectivity index (χ0) is 20.3. The van der Waals surface area contributed by atoms with Gasteiger partial charge in [0.05, 0.1) is 12.1 Å². The summed E-state index contributed by atoms with van der Waals surface area (Å²) in [6.07, 6.45) is 2.83. The fourth-order valence-corrected chi connectivity index (χ4v) is 5.49. The molecule has 5 rings (SSSR count). The molecule has 9 heteroatoms. The second-order valence-electron chi connectivity index (χ2n) is 7.87. The summed E-state index contributed by atoms with van der Waals surface area (Å²) < 4.78 is 5.26. The van der Waals surface area contributed by atoms with Crippen molar-refractivity contribution in [2.45, 2.75) is 25.8 Å². The van der Waals surface area contributed by atoms with Crippen LogP contribution in [0.15, 0.2) is 16.5 Å². The summed E-state index contributed by atoms with van der Waals surface area (Å²) in [7, 11) is 1.67. The van der Waals surface area contributed by atoms with Gasteiger partial charge in [-0.05, 0) is 54.5 Å². The number of amides is 3. The van der Waals surface area contributed by atoms with Crippen LogP contribution in [0.4, 0.5) is 5.00 Å². The molecule has 0 N–H and O–H groups in total. The Morgan fingerprint density at radius 2 is 2.07 bits per heavy atom. The molecule has 3 amide bonds. The summed E-state index contributed by atoms with van der Waals surface area (Å²) in [6, 6.07) is 3.12. The van der Waals surface area contributed by atoms with Gasteiger partial charge in [-0.25, -0.2) is 0 Å². The topological polar surface area (TPSA) is 74.1 Å². The standard InChI is InChI=1S/C20H20ClN3O4S/c1-22-10-16(25)24(8-11-2-3-11)20-17(19(22)27)12-6-7-23(9-14(12)29-20)18(26)13-4-5-15(21)28-13/h4-5,11H,2-3,6-10H2,1H3. The first-order valence-electron chi connectivity index (χ1n) is 9.67. The summed E-state index contributed by atoms with van der Waals surface area (Å²) in [6.45, 7) is 1.65. The lowest BCUT2D eigenvalue weighted by Gasteiger charge is -2.26. The number of hydrogen-bond acceptors (Lipinski definition) is 5. The number of rotatable bonds is 3. The van der Waals surface area contributed by atoms with Crippen LogP contribution in [0.5, 0.6) is 0 Å². The smallest absolute Gasteiger partial charge is 0.289 e. The second-order valence-corrected chi connectivity index (χ2v) is 9.33. The third-order valence-electron chi connectivity index (χ3n) is 5.73. The number of thiophene rings is 1. The molecular formula is C20H20ClN3O4S. The van der Waals surface area contributed by atoms with Crippen LogP contribution in [0, 0.1) is 5.92 Å². The van der Waals surface area contributed by atoms with Crippen molar-refractivity contribution in [1.29, 1.82) is 0 Å². The van der Waals surface area contributed by atoms with Gasteiger partial charge in [-0.3, -0.25) is 14.4 Å². The molecule has 7 nitrogen and oxygen atoms in total. The molecule has 2 aromatic rings. The number of anilines is 1. The maximum Gasteiger partial charge on any atom is 0.289 e. The van der Waals surface area contributed by atoms with Gasteiger partial charge in [-0.1, -0.05) is 0 Å². The molecule has 3 aliphatic rings. The van der Waals surface area contributed by atoms with Crippen LogP contribution < -0.4 is 4.90 Å².